The molecule has 0 saturated carbocycles. The second-order valence-corrected chi connectivity index (χ2v) is 7.02. The number of likely N-dealkylation sites (tertiary alicyclic amines) is 1. The first-order valence-electron chi connectivity index (χ1n) is 8.25. The van der Waals surface area contributed by atoms with E-state index in [4.69, 9.17) is 4.99 Å². The minimum absolute atomic E-state index is 0.698. The summed E-state index contributed by atoms with van der Waals surface area (Å²) in [5, 5.41) is 6.65. The third-order valence-electron chi connectivity index (χ3n) is 4.08. The van der Waals surface area contributed by atoms with Gasteiger partial charge < -0.3 is 15.1 Å². The molecule has 1 aliphatic rings. The van der Waals surface area contributed by atoms with Crippen LogP contribution in [-0.4, -0.2) is 60.5 Å². The molecule has 22 heavy (non-hydrogen) atoms. The lowest BCUT2D eigenvalue weighted by Gasteiger charge is -2.21. The van der Waals surface area contributed by atoms with Gasteiger partial charge in [0.15, 0.2) is 5.96 Å². The van der Waals surface area contributed by atoms with Gasteiger partial charge in [0.25, 0.3) is 0 Å². The predicted octanol–water partition coefficient (Wildman–Crippen LogP) is 2.19. The molecular weight excluding hydrogens is 294 g/mol. The monoisotopic (exact) mass is 323 g/mol. The summed E-state index contributed by atoms with van der Waals surface area (Å²) in [6.45, 7) is 12.6. The molecule has 5 nitrogen and oxygen atoms in total. The summed E-state index contributed by atoms with van der Waals surface area (Å²) < 4.78 is 0. The molecule has 1 aromatic heterocycles. The van der Waals surface area contributed by atoms with E-state index in [1.807, 2.05) is 6.92 Å². The van der Waals surface area contributed by atoms with Crippen LogP contribution < -0.4 is 5.32 Å². The SMILES string of the molecule is CCNC(=NCC1CCN(CC)C1)N(C)Cc1csc(C)n1. The molecule has 0 radical (unpaired) electrons. The first-order chi connectivity index (χ1) is 10.6. The Hall–Kier alpha value is -1.14. The first kappa shape index (κ1) is 17.2. The minimum Gasteiger partial charge on any atom is -0.357 e. The second-order valence-electron chi connectivity index (χ2n) is 5.96. The van der Waals surface area contributed by atoms with Gasteiger partial charge in [-0.1, -0.05) is 6.92 Å². The van der Waals surface area contributed by atoms with E-state index < -0.39 is 0 Å². The Balaban J connectivity index is 1.91. The van der Waals surface area contributed by atoms with Crippen molar-refractivity contribution in [1.82, 2.24) is 20.1 Å². The van der Waals surface area contributed by atoms with Crippen LogP contribution in [0.25, 0.3) is 0 Å². The number of guanidine groups is 1. The summed E-state index contributed by atoms with van der Waals surface area (Å²) in [7, 11) is 2.09. The highest BCUT2D eigenvalue weighted by atomic mass is 32.1. The van der Waals surface area contributed by atoms with Crippen LogP contribution in [0.5, 0.6) is 0 Å². The van der Waals surface area contributed by atoms with E-state index in [0.29, 0.717) is 5.92 Å². The molecule has 1 fully saturated rings. The fraction of sp³-hybridized carbons (Fsp3) is 0.750. The summed E-state index contributed by atoms with van der Waals surface area (Å²) in [5.41, 5.74) is 1.12. The van der Waals surface area contributed by atoms with Crippen molar-refractivity contribution in [3.8, 4) is 0 Å². The lowest BCUT2D eigenvalue weighted by atomic mass is 10.1. The van der Waals surface area contributed by atoms with Gasteiger partial charge in [-0.05, 0) is 39.3 Å². The molecule has 0 aromatic carbocycles. The number of aryl methyl sites for hydroxylation is 1. The van der Waals surface area contributed by atoms with E-state index in [-0.39, 0.29) is 0 Å². The number of nitrogens with zero attached hydrogens (tertiary/aromatic N) is 4. The van der Waals surface area contributed by atoms with Crippen LogP contribution in [0.1, 0.15) is 31.0 Å². The highest BCUT2D eigenvalue weighted by Crippen LogP contribution is 2.16. The number of hydrogen-bond donors (Lipinski definition) is 1. The Morgan fingerprint density at radius 1 is 1.55 bits per heavy atom. The van der Waals surface area contributed by atoms with Crippen molar-refractivity contribution in [3.05, 3.63) is 16.1 Å². The molecule has 0 spiro atoms. The average molecular weight is 324 g/mol. The predicted molar refractivity (Wildman–Crippen MR) is 94.5 cm³/mol. The van der Waals surface area contributed by atoms with Crippen molar-refractivity contribution in [1.29, 1.82) is 0 Å². The molecule has 0 bridgehead atoms. The van der Waals surface area contributed by atoms with Crippen LogP contribution in [0.4, 0.5) is 0 Å². The van der Waals surface area contributed by atoms with Crippen LogP contribution in [0.3, 0.4) is 0 Å². The van der Waals surface area contributed by atoms with Gasteiger partial charge in [-0.2, -0.15) is 0 Å². The van der Waals surface area contributed by atoms with Gasteiger partial charge in [-0.15, -0.1) is 11.3 Å². The number of thiazole rings is 1. The Labute approximate surface area is 138 Å². The number of rotatable bonds is 6. The number of aromatic nitrogens is 1. The third-order valence-corrected chi connectivity index (χ3v) is 4.90. The van der Waals surface area contributed by atoms with Gasteiger partial charge >= 0.3 is 0 Å². The van der Waals surface area contributed by atoms with Gasteiger partial charge in [-0.25, -0.2) is 4.98 Å². The lowest BCUT2D eigenvalue weighted by Crippen LogP contribution is -2.39. The molecule has 2 heterocycles. The quantitative estimate of drug-likeness (QED) is 0.644. The van der Waals surface area contributed by atoms with Crippen molar-refractivity contribution in [3.63, 3.8) is 0 Å². The Morgan fingerprint density at radius 3 is 2.95 bits per heavy atom. The summed E-state index contributed by atoms with van der Waals surface area (Å²) in [5.74, 6) is 1.69. The smallest absolute Gasteiger partial charge is 0.194 e. The maximum absolute atomic E-state index is 4.85. The molecule has 6 heteroatoms. The Bertz CT molecular complexity index is 485. The third kappa shape index (κ3) is 4.95. The molecule has 1 aliphatic heterocycles. The molecule has 0 aliphatic carbocycles. The first-order valence-corrected chi connectivity index (χ1v) is 9.13. The van der Waals surface area contributed by atoms with Crippen LogP contribution in [0.15, 0.2) is 10.4 Å². The average Bonchev–Trinajstić information content (AvgIpc) is 3.12. The zero-order valence-corrected chi connectivity index (χ0v) is 15.1. The molecule has 2 rings (SSSR count). The van der Waals surface area contributed by atoms with Gasteiger partial charge in [0.05, 0.1) is 17.2 Å². The molecule has 124 valence electrons. The van der Waals surface area contributed by atoms with Crippen molar-refractivity contribution < 1.29 is 0 Å². The molecule has 1 N–H and O–H groups in total. The van der Waals surface area contributed by atoms with E-state index in [9.17, 15) is 0 Å². The minimum atomic E-state index is 0.698. The van der Waals surface area contributed by atoms with Crippen LogP contribution in [-0.2, 0) is 6.54 Å². The zero-order chi connectivity index (χ0) is 15.9. The second kappa shape index (κ2) is 8.48. The fourth-order valence-corrected chi connectivity index (χ4v) is 3.44. The van der Waals surface area contributed by atoms with Gasteiger partial charge in [0.1, 0.15) is 0 Å². The summed E-state index contributed by atoms with van der Waals surface area (Å²) in [6, 6.07) is 0. The van der Waals surface area contributed by atoms with Gasteiger partial charge in [-0.3, -0.25) is 4.99 Å². The maximum atomic E-state index is 4.85. The Kier molecular flexibility index (Phi) is 6.64. The molecular formula is C16H29N5S. The van der Waals surface area contributed by atoms with Crippen molar-refractivity contribution in [2.24, 2.45) is 10.9 Å². The molecule has 1 aromatic rings. The van der Waals surface area contributed by atoms with Crippen LogP contribution >= 0.6 is 11.3 Å². The van der Waals surface area contributed by atoms with Gasteiger partial charge in [0, 0.05) is 32.1 Å². The zero-order valence-electron chi connectivity index (χ0n) is 14.3. The van der Waals surface area contributed by atoms with Crippen molar-refractivity contribution >= 4 is 17.3 Å². The van der Waals surface area contributed by atoms with E-state index >= 15 is 0 Å². The van der Waals surface area contributed by atoms with E-state index in [2.05, 4.69) is 46.4 Å². The van der Waals surface area contributed by atoms with Gasteiger partial charge in [0.2, 0.25) is 0 Å². The van der Waals surface area contributed by atoms with E-state index in [0.717, 1.165) is 42.8 Å². The molecule has 0 amide bonds. The number of aliphatic imine (C=N–C) groups is 1. The highest BCUT2D eigenvalue weighted by molar-refractivity contribution is 7.09. The standard InChI is InChI=1S/C16H29N5S/c1-5-17-16(18-9-14-7-8-21(6-2)10-14)20(4)11-15-12-22-13(3)19-15/h12,14H,5-11H2,1-4H3,(H,17,18). The van der Waals surface area contributed by atoms with Crippen molar-refractivity contribution in [2.75, 3.05) is 39.8 Å². The van der Waals surface area contributed by atoms with Crippen LogP contribution in [0, 0.1) is 12.8 Å². The van der Waals surface area contributed by atoms with E-state index in [1.54, 1.807) is 11.3 Å². The maximum Gasteiger partial charge on any atom is 0.194 e. The lowest BCUT2D eigenvalue weighted by molar-refractivity contribution is 0.343. The summed E-state index contributed by atoms with van der Waals surface area (Å²) >= 11 is 1.70. The largest absolute Gasteiger partial charge is 0.357 e. The summed E-state index contributed by atoms with van der Waals surface area (Å²) in [4.78, 5) is 14.1. The molecule has 1 atom stereocenters. The number of nitrogens with one attached hydrogen (secondary N) is 1. The molecule has 1 saturated heterocycles. The van der Waals surface area contributed by atoms with Crippen molar-refractivity contribution in [2.45, 2.75) is 33.7 Å². The van der Waals surface area contributed by atoms with E-state index in [1.165, 1.54) is 19.5 Å². The highest BCUT2D eigenvalue weighted by Gasteiger charge is 2.21. The fourth-order valence-electron chi connectivity index (χ4n) is 2.83. The summed E-state index contributed by atoms with van der Waals surface area (Å²) in [6.07, 6.45) is 1.27. The number of hydrogen-bond acceptors (Lipinski definition) is 4. The molecule has 1 unspecified atom stereocenters. The van der Waals surface area contributed by atoms with Crippen LogP contribution in [0.2, 0.25) is 0 Å². The normalized spacial score (nSPS) is 19.6. The Morgan fingerprint density at radius 2 is 2.36 bits per heavy atom. The topological polar surface area (TPSA) is 43.8 Å².